The van der Waals surface area contributed by atoms with Gasteiger partial charge in [0.25, 0.3) is 0 Å². The van der Waals surface area contributed by atoms with E-state index >= 15 is 0 Å². The third-order valence-electron chi connectivity index (χ3n) is 3.49. The summed E-state index contributed by atoms with van der Waals surface area (Å²) in [5, 5.41) is 10.1. The molecule has 1 unspecified atom stereocenters. The van der Waals surface area contributed by atoms with Gasteiger partial charge in [0, 0.05) is 4.47 Å². The first-order valence-electron chi connectivity index (χ1n) is 6.17. The molecule has 88 valence electrons. The standard InChI is InChI=1S/C14H19BrO/c15-14-8-4-3-7-12(14)10-13(16)9-11-5-1-2-6-11/h3-4,7-8,11,13,16H,1-2,5-6,9-10H2. The van der Waals surface area contributed by atoms with E-state index in [0.29, 0.717) is 0 Å². The van der Waals surface area contributed by atoms with Crippen LogP contribution in [0.2, 0.25) is 0 Å². The van der Waals surface area contributed by atoms with Gasteiger partial charge in [0.1, 0.15) is 0 Å². The van der Waals surface area contributed by atoms with Gasteiger partial charge in [-0.1, -0.05) is 59.8 Å². The van der Waals surface area contributed by atoms with Crippen LogP contribution in [0.5, 0.6) is 0 Å². The molecule has 1 aliphatic rings. The molecule has 0 aliphatic heterocycles. The largest absolute Gasteiger partial charge is 0.393 e. The summed E-state index contributed by atoms with van der Waals surface area (Å²) in [6.07, 6.45) is 6.90. The van der Waals surface area contributed by atoms with Crippen molar-refractivity contribution in [2.24, 2.45) is 5.92 Å². The average molecular weight is 283 g/mol. The lowest BCUT2D eigenvalue weighted by Gasteiger charge is -2.16. The quantitative estimate of drug-likeness (QED) is 0.887. The molecule has 1 aliphatic carbocycles. The van der Waals surface area contributed by atoms with Gasteiger partial charge < -0.3 is 5.11 Å². The summed E-state index contributed by atoms with van der Waals surface area (Å²) in [5.74, 6) is 0.762. The molecule has 1 aromatic carbocycles. The van der Waals surface area contributed by atoms with Crippen LogP contribution >= 0.6 is 15.9 Å². The Hall–Kier alpha value is -0.340. The zero-order chi connectivity index (χ0) is 11.4. The Morgan fingerprint density at radius 1 is 1.25 bits per heavy atom. The van der Waals surface area contributed by atoms with Gasteiger partial charge in [0.05, 0.1) is 6.10 Å². The van der Waals surface area contributed by atoms with Gasteiger partial charge in [-0.05, 0) is 30.4 Å². The van der Waals surface area contributed by atoms with Gasteiger partial charge in [-0.2, -0.15) is 0 Å². The summed E-state index contributed by atoms with van der Waals surface area (Å²) in [4.78, 5) is 0. The van der Waals surface area contributed by atoms with Crippen LogP contribution < -0.4 is 0 Å². The highest BCUT2D eigenvalue weighted by atomic mass is 79.9. The first-order valence-corrected chi connectivity index (χ1v) is 6.96. The molecule has 2 heteroatoms. The minimum atomic E-state index is -0.179. The number of rotatable bonds is 4. The second-order valence-electron chi connectivity index (χ2n) is 4.84. The van der Waals surface area contributed by atoms with Crippen LogP contribution in [0.4, 0.5) is 0 Å². The molecule has 1 atom stereocenters. The molecule has 1 N–H and O–H groups in total. The van der Waals surface area contributed by atoms with E-state index in [-0.39, 0.29) is 6.10 Å². The highest BCUT2D eigenvalue weighted by molar-refractivity contribution is 9.10. The Balaban J connectivity index is 1.86. The van der Waals surface area contributed by atoms with Crippen LogP contribution in [0.3, 0.4) is 0 Å². The van der Waals surface area contributed by atoms with E-state index in [9.17, 15) is 5.11 Å². The van der Waals surface area contributed by atoms with Crippen molar-refractivity contribution in [3.05, 3.63) is 34.3 Å². The van der Waals surface area contributed by atoms with E-state index in [4.69, 9.17) is 0 Å². The van der Waals surface area contributed by atoms with E-state index in [1.54, 1.807) is 0 Å². The summed E-state index contributed by atoms with van der Waals surface area (Å²) in [6, 6.07) is 8.17. The van der Waals surface area contributed by atoms with Gasteiger partial charge in [-0.25, -0.2) is 0 Å². The van der Waals surface area contributed by atoms with Crippen LogP contribution in [-0.4, -0.2) is 11.2 Å². The molecule has 1 nitrogen and oxygen atoms in total. The Kier molecular flexibility index (Phi) is 4.42. The Morgan fingerprint density at radius 2 is 1.94 bits per heavy atom. The highest BCUT2D eigenvalue weighted by Crippen LogP contribution is 2.29. The van der Waals surface area contributed by atoms with Crippen molar-refractivity contribution in [3.63, 3.8) is 0 Å². The number of hydrogen-bond acceptors (Lipinski definition) is 1. The van der Waals surface area contributed by atoms with Gasteiger partial charge in [0.2, 0.25) is 0 Å². The normalized spacial score (nSPS) is 18.9. The minimum Gasteiger partial charge on any atom is -0.393 e. The van der Waals surface area contributed by atoms with Crippen molar-refractivity contribution < 1.29 is 5.11 Å². The van der Waals surface area contributed by atoms with Gasteiger partial charge in [-0.15, -0.1) is 0 Å². The first kappa shape index (κ1) is 12.1. The molecular weight excluding hydrogens is 264 g/mol. The van der Waals surface area contributed by atoms with Crippen LogP contribution in [0.15, 0.2) is 28.7 Å². The van der Waals surface area contributed by atoms with Crippen LogP contribution in [0, 0.1) is 5.92 Å². The number of hydrogen-bond donors (Lipinski definition) is 1. The molecule has 0 spiro atoms. The van der Waals surface area contributed by atoms with Gasteiger partial charge in [0.15, 0.2) is 0 Å². The Bertz CT molecular complexity index is 331. The number of aliphatic hydroxyl groups is 1. The smallest absolute Gasteiger partial charge is 0.0583 e. The van der Waals surface area contributed by atoms with E-state index in [2.05, 4.69) is 22.0 Å². The lowest BCUT2D eigenvalue weighted by atomic mass is 9.96. The number of halogens is 1. The molecule has 1 aromatic rings. The maximum absolute atomic E-state index is 10.1. The zero-order valence-corrected chi connectivity index (χ0v) is 11.1. The third-order valence-corrected chi connectivity index (χ3v) is 4.27. The van der Waals surface area contributed by atoms with Crippen molar-refractivity contribution >= 4 is 15.9 Å². The monoisotopic (exact) mass is 282 g/mol. The van der Waals surface area contributed by atoms with Crippen LogP contribution in [0.1, 0.15) is 37.7 Å². The Morgan fingerprint density at radius 3 is 2.62 bits per heavy atom. The van der Waals surface area contributed by atoms with Crippen molar-refractivity contribution in [2.75, 3.05) is 0 Å². The lowest BCUT2D eigenvalue weighted by Crippen LogP contribution is -2.15. The first-order chi connectivity index (χ1) is 7.75. The fraction of sp³-hybridized carbons (Fsp3) is 0.571. The summed E-state index contributed by atoms with van der Waals surface area (Å²) in [7, 11) is 0. The Labute approximate surface area is 106 Å². The third kappa shape index (κ3) is 3.33. The van der Waals surface area contributed by atoms with Crippen LogP contribution in [0.25, 0.3) is 0 Å². The summed E-state index contributed by atoms with van der Waals surface area (Å²) >= 11 is 3.53. The maximum atomic E-state index is 10.1. The van der Waals surface area contributed by atoms with Crippen LogP contribution in [-0.2, 0) is 6.42 Å². The predicted molar refractivity (Wildman–Crippen MR) is 70.4 cm³/mol. The number of benzene rings is 1. The summed E-state index contributed by atoms with van der Waals surface area (Å²) in [5.41, 5.74) is 1.22. The van der Waals surface area contributed by atoms with Crippen molar-refractivity contribution in [1.82, 2.24) is 0 Å². The summed E-state index contributed by atoms with van der Waals surface area (Å²) < 4.78 is 1.11. The second kappa shape index (κ2) is 5.83. The molecule has 0 heterocycles. The van der Waals surface area contributed by atoms with E-state index in [0.717, 1.165) is 23.2 Å². The molecule has 2 rings (SSSR count). The maximum Gasteiger partial charge on any atom is 0.0583 e. The van der Waals surface area contributed by atoms with Crippen molar-refractivity contribution in [1.29, 1.82) is 0 Å². The van der Waals surface area contributed by atoms with E-state index in [1.165, 1.54) is 31.2 Å². The molecule has 0 amide bonds. The fourth-order valence-electron chi connectivity index (χ4n) is 2.63. The SMILES string of the molecule is OC(Cc1ccccc1Br)CC1CCCC1. The molecule has 1 fully saturated rings. The molecular formula is C14H19BrO. The number of aliphatic hydroxyl groups excluding tert-OH is 1. The lowest BCUT2D eigenvalue weighted by molar-refractivity contribution is 0.143. The average Bonchev–Trinajstić information content (AvgIpc) is 2.74. The second-order valence-corrected chi connectivity index (χ2v) is 5.69. The van der Waals surface area contributed by atoms with Gasteiger partial charge >= 0.3 is 0 Å². The van der Waals surface area contributed by atoms with E-state index < -0.39 is 0 Å². The highest BCUT2D eigenvalue weighted by Gasteiger charge is 2.19. The summed E-state index contributed by atoms with van der Waals surface area (Å²) in [6.45, 7) is 0. The molecule has 16 heavy (non-hydrogen) atoms. The molecule has 0 aromatic heterocycles. The fourth-order valence-corrected chi connectivity index (χ4v) is 3.08. The molecule has 1 saturated carbocycles. The molecule has 0 bridgehead atoms. The van der Waals surface area contributed by atoms with E-state index in [1.807, 2.05) is 18.2 Å². The predicted octanol–water partition coefficient (Wildman–Crippen LogP) is 3.93. The topological polar surface area (TPSA) is 20.2 Å². The minimum absolute atomic E-state index is 0.179. The molecule has 0 saturated heterocycles. The zero-order valence-electron chi connectivity index (χ0n) is 9.53. The van der Waals surface area contributed by atoms with Crippen molar-refractivity contribution in [3.8, 4) is 0 Å². The van der Waals surface area contributed by atoms with Crippen molar-refractivity contribution in [2.45, 2.75) is 44.6 Å². The molecule has 0 radical (unpaired) electrons. The van der Waals surface area contributed by atoms with Gasteiger partial charge in [-0.3, -0.25) is 0 Å².